The number of aliphatic hydroxyl groups excluding tert-OH is 1. The Morgan fingerprint density at radius 3 is 3.00 bits per heavy atom. The predicted octanol–water partition coefficient (Wildman–Crippen LogP) is 0.213. The molecule has 0 saturated carbocycles. The largest absolute Gasteiger partial charge is 0.387 e. The average Bonchev–Trinajstić information content (AvgIpc) is 2.04. The van der Waals surface area contributed by atoms with Crippen LogP contribution >= 0.6 is 0 Å². The number of aromatic nitrogens is 1. The second kappa shape index (κ2) is 3.41. The van der Waals surface area contributed by atoms with Gasteiger partial charge < -0.3 is 10.8 Å². The molecule has 1 aromatic rings. The molecule has 0 aliphatic rings. The Morgan fingerprint density at radius 2 is 2.45 bits per heavy atom. The number of hydrogen-bond donors (Lipinski definition) is 2. The minimum absolute atomic E-state index is 0.0148. The van der Waals surface area contributed by atoms with Crippen molar-refractivity contribution in [1.82, 2.24) is 4.98 Å². The lowest BCUT2D eigenvalue weighted by molar-refractivity contribution is 0.181. The highest BCUT2D eigenvalue weighted by Gasteiger charge is 2.09. The molecule has 1 unspecified atom stereocenters. The zero-order valence-corrected chi connectivity index (χ0v) is 5.87. The molecule has 1 heterocycles. The fraction of sp³-hybridized carbons (Fsp3) is 0.286. The van der Waals surface area contributed by atoms with Crippen LogP contribution in [-0.4, -0.2) is 16.6 Å². The summed E-state index contributed by atoms with van der Waals surface area (Å²) in [4.78, 5) is 3.53. The summed E-state index contributed by atoms with van der Waals surface area (Å²) in [5.41, 5.74) is 5.33. The van der Waals surface area contributed by atoms with Crippen LogP contribution < -0.4 is 5.73 Å². The van der Waals surface area contributed by atoms with E-state index >= 15 is 0 Å². The third kappa shape index (κ3) is 1.72. The Morgan fingerprint density at radius 1 is 1.73 bits per heavy atom. The minimum Gasteiger partial charge on any atom is -0.387 e. The van der Waals surface area contributed by atoms with Gasteiger partial charge in [0.25, 0.3) is 0 Å². The quantitative estimate of drug-likeness (QED) is 0.643. The summed E-state index contributed by atoms with van der Waals surface area (Å²) in [6.45, 7) is 0.0148. The van der Waals surface area contributed by atoms with Gasteiger partial charge in [-0.25, -0.2) is 4.39 Å². The van der Waals surface area contributed by atoms with Crippen LogP contribution in [0.25, 0.3) is 0 Å². The first-order valence-electron chi connectivity index (χ1n) is 3.23. The van der Waals surface area contributed by atoms with Crippen LogP contribution in [0.15, 0.2) is 18.5 Å². The van der Waals surface area contributed by atoms with E-state index in [1.54, 1.807) is 0 Å². The van der Waals surface area contributed by atoms with Gasteiger partial charge in [-0.1, -0.05) is 0 Å². The maximum Gasteiger partial charge on any atom is 0.147 e. The standard InChI is InChI=1S/C7H9FN2O/c8-6-4-10-2-1-5(6)7(11)3-9/h1-2,4,7,11H,3,9H2. The van der Waals surface area contributed by atoms with Crippen LogP contribution in [-0.2, 0) is 0 Å². The van der Waals surface area contributed by atoms with Crippen molar-refractivity contribution in [2.75, 3.05) is 6.54 Å². The number of rotatable bonds is 2. The van der Waals surface area contributed by atoms with E-state index in [-0.39, 0.29) is 12.1 Å². The molecule has 11 heavy (non-hydrogen) atoms. The molecular weight excluding hydrogens is 147 g/mol. The van der Waals surface area contributed by atoms with Crippen molar-refractivity contribution in [3.8, 4) is 0 Å². The van der Waals surface area contributed by atoms with Gasteiger partial charge in [-0.2, -0.15) is 0 Å². The SMILES string of the molecule is NCC(O)c1ccncc1F. The van der Waals surface area contributed by atoms with Crippen molar-refractivity contribution in [3.05, 3.63) is 29.8 Å². The van der Waals surface area contributed by atoms with E-state index in [2.05, 4.69) is 4.98 Å². The average molecular weight is 156 g/mol. The molecule has 4 heteroatoms. The summed E-state index contributed by atoms with van der Waals surface area (Å²) in [7, 11) is 0. The number of hydrogen-bond acceptors (Lipinski definition) is 3. The molecule has 0 aliphatic heterocycles. The van der Waals surface area contributed by atoms with Crippen molar-refractivity contribution in [3.63, 3.8) is 0 Å². The lowest BCUT2D eigenvalue weighted by atomic mass is 10.1. The molecule has 0 saturated heterocycles. The van der Waals surface area contributed by atoms with Gasteiger partial charge >= 0.3 is 0 Å². The van der Waals surface area contributed by atoms with Crippen molar-refractivity contribution in [1.29, 1.82) is 0 Å². The molecule has 1 aromatic heterocycles. The van der Waals surface area contributed by atoms with Gasteiger partial charge in [0.2, 0.25) is 0 Å². The molecule has 0 aliphatic carbocycles. The highest BCUT2D eigenvalue weighted by atomic mass is 19.1. The van der Waals surface area contributed by atoms with Gasteiger partial charge in [0.15, 0.2) is 0 Å². The van der Waals surface area contributed by atoms with Gasteiger partial charge in [-0.3, -0.25) is 4.98 Å². The van der Waals surface area contributed by atoms with E-state index in [1.165, 1.54) is 12.3 Å². The fourth-order valence-electron chi connectivity index (χ4n) is 0.783. The molecule has 0 fully saturated rings. The monoisotopic (exact) mass is 156 g/mol. The molecule has 0 aromatic carbocycles. The van der Waals surface area contributed by atoms with E-state index in [4.69, 9.17) is 10.8 Å². The Labute approximate surface area is 63.7 Å². The summed E-state index contributed by atoms with van der Waals surface area (Å²) in [5.74, 6) is -0.523. The first kappa shape index (κ1) is 8.10. The third-order valence-corrected chi connectivity index (χ3v) is 1.39. The summed E-state index contributed by atoms with van der Waals surface area (Å²) in [5, 5.41) is 9.12. The maximum atomic E-state index is 12.7. The summed E-state index contributed by atoms with van der Waals surface area (Å²) >= 11 is 0. The van der Waals surface area contributed by atoms with E-state index in [9.17, 15) is 4.39 Å². The lowest BCUT2D eigenvalue weighted by Crippen LogP contribution is -2.12. The van der Waals surface area contributed by atoms with Gasteiger partial charge in [0.05, 0.1) is 12.3 Å². The lowest BCUT2D eigenvalue weighted by Gasteiger charge is -2.07. The fourth-order valence-corrected chi connectivity index (χ4v) is 0.783. The first-order chi connectivity index (χ1) is 5.25. The number of halogens is 1. The van der Waals surface area contributed by atoms with Crippen LogP contribution in [0.2, 0.25) is 0 Å². The molecular formula is C7H9FN2O. The van der Waals surface area contributed by atoms with Crippen molar-refractivity contribution >= 4 is 0 Å². The number of pyridine rings is 1. The Hall–Kier alpha value is -1.00. The maximum absolute atomic E-state index is 12.7. The predicted molar refractivity (Wildman–Crippen MR) is 38.2 cm³/mol. The van der Waals surface area contributed by atoms with Gasteiger partial charge in [0.1, 0.15) is 5.82 Å². The minimum atomic E-state index is -0.932. The molecule has 0 spiro atoms. The molecule has 3 nitrogen and oxygen atoms in total. The van der Waals surface area contributed by atoms with Crippen molar-refractivity contribution in [2.24, 2.45) is 5.73 Å². The third-order valence-electron chi connectivity index (χ3n) is 1.39. The summed E-state index contributed by atoms with van der Waals surface area (Å²) in [6.07, 6.45) is 1.53. The van der Waals surface area contributed by atoms with Gasteiger partial charge in [-0.15, -0.1) is 0 Å². The number of nitrogens with zero attached hydrogens (tertiary/aromatic N) is 1. The van der Waals surface area contributed by atoms with E-state index < -0.39 is 11.9 Å². The van der Waals surface area contributed by atoms with Gasteiger partial charge in [0, 0.05) is 18.3 Å². The van der Waals surface area contributed by atoms with Crippen LogP contribution in [0.5, 0.6) is 0 Å². The van der Waals surface area contributed by atoms with E-state index in [0.29, 0.717) is 0 Å². The van der Waals surface area contributed by atoms with E-state index in [1.807, 2.05) is 0 Å². The highest BCUT2D eigenvalue weighted by molar-refractivity contribution is 5.15. The van der Waals surface area contributed by atoms with Gasteiger partial charge in [-0.05, 0) is 6.07 Å². The molecule has 1 rings (SSSR count). The van der Waals surface area contributed by atoms with Crippen LogP contribution in [0.1, 0.15) is 11.7 Å². The Kier molecular flexibility index (Phi) is 2.51. The Balaban J connectivity index is 2.93. The summed E-state index contributed by atoms with van der Waals surface area (Å²) < 4.78 is 12.7. The highest BCUT2D eigenvalue weighted by Crippen LogP contribution is 2.13. The smallest absolute Gasteiger partial charge is 0.147 e. The second-order valence-corrected chi connectivity index (χ2v) is 2.15. The zero-order chi connectivity index (χ0) is 8.27. The molecule has 60 valence electrons. The number of aliphatic hydroxyl groups is 1. The Bertz CT molecular complexity index is 242. The van der Waals surface area contributed by atoms with Crippen molar-refractivity contribution < 1.29 is 9.50 Å². The van der Waals surface area contributed by atoms with E-state index in [0.717, 1.165) is 6.20 Å². The molecule has 0 radical (unpaired) electrons. The van der Waals surface area contributed by atoms with Crippen LogP contribution in [0.3, 0.4) is 0 Å². The molecule has 0 bridgehead atoms. The van der Waals surface area contributed by atoms with Crippen LogP contribution in [0.4, 0.5) is 4.39 Å². The molecule has 0 amide bonds. The van der Waals surface area contributed by atoms with Crippen LogP contribution in [0, 0.1) is 5.82 Å². The molecule has 1 atom stereocenters. The second-order valence-electron chi connectivity index (χ2n) is 2.15. The zero-order valence-electron chi connectivity index (χ0n) is 5.87. The number of nitrogens with two attached hydrogens (primary N) is 1. The normalized spacial score (nSPS) is 13.0. The first-order valence-corrected chi connectivity index (χ1v) is 3.23. The van der Waals surface area contributed by atoms with Crippen molar-refractivity contribution in [2.45, 2.75) is 6.10 Å². The summed E-state index contributed by atoms with van der Waals surface area (Å²) in [6, 6.07) is 1.41. The topological polar surface area (TPSA) is 59.1 Å². The molecule has 3 N–H and O–H groups in total.